The van der Waals surface area contributed by atoms with Gasteiger partial charge in [-0.05, 0) is 75.4 Å². The molecule has 3 N–H and O–H groups in total. The van der Waals surface area contributed by atoms with Crippen LogP contribution < -0.4 is 4.31 Å². The predicted octanol–water partition coefficient (Wildman–Crippen LogP) is 6.05. The van der Waals surface area contributed by atoms with Gasteiger partial charge in [0.1, 0.15) is 5.75 Å². The van der Waals surface area contributed by atoms with Gasteiger partial charge in [-0.15, -0.1) is 0 Å². The molecule has 0 spiro atoms. The number of anilines is 1. The maximum Gasteiger partial charge on any atom is 0.307 e. The van der Waals surface area contributed by atoms with Gasteiger partial charge in [0, 0.05) is 17.4 Å². The summed E-state index contributed by atoms with van der Waals surface area (Å²) in [6.07, 6.45) is 3.44. The number of hydrogen-bond donors (Lipinski definition) is 3. The molecule has 0 amide bonds. The van der Waals surface area contributed by atoms with Gasteiger partial charge in [-0.1, -0.05) is 41.8 Å². The van der Waals surface area contributed by atoms with E-state index in [1.165, 1.54) is 6.20 Å². The van der Waals surface area contributed by atoms with Crippen LogP contribution in [0.3, 0.4) is 0 Å². The van der Waals surface area contributed by atoms with E-state index in [4.69, 9.17) is 5.11 Å². The Balaban J connectivity index is 0.000000623. The van der Waals surface area contributed by atoms with Crippen molar-refractivity contribution in [3.05, 3.63) is 64.3 Å². The van der Waals surface area contributed by atoms with Crippen molar-refractivity contribution in [2.45, 2.75) is 60.1 Å². The molecule has 1 aromatic heterocycles. The summed E-state index contributed by atoms with van der Waals surface area (Å²) in [6.45, 7) is 11.9. The van der Waals surface area contributed by atoms with Crippen LogP contribution in [0.5, 0.6) is 5.75 Å². The summed E-state index contributed by atoms with van der Waals surface area (Å²) in [5.74, 6) is -0.699. The molecule has 6 nitrogen and oxygen atoms in total. The number of fused-ring (bicyclic) bond motifs is 3. The third kappa shape index (κ3) is 5.97. The minimum atomic E-state index is -0.847. The summed E-state index contributed by atoms with van der Waals surface area (Å²) in [6, 6.07) is 9.96. The quantitative estimate of drug-likeness (QED) is 0.380. The summed E-state index contributed by atoms with van der Waals surface area (Å²) < 4.78 is 2.16. The van der Waals surface area contributed by atoms with Crippen LogP contribution in [-0.4, -0.2) is 38.1 Å². The van der Waals surface area contributed by atoms with E-state index in [9.17, 15) is 15.0 Å². The molecule has 4 rings (SSSR count). The highest BCUT2D eigenvalue weighted by Gasteiger charge is 2.31. The fourth-order valence-electron chi connectivity index (χ4n) is 4.36. The monoisotopic (exact) mass is 494 g/mol. The van der Waals surface area contributed by atoms with Crippen LogP contribution in [0, 0.1) is 20.8 Å². The molecule has 3 aromatic rings. The van der Waals surface area contributed by atoms with Crippen molar-refractivity contribution in [1.82, 2.24) is 4.98 Å². The molecule has 35 heavy (non-hydrogen) atoms. The average Bonchev–Trinajstić information content (AvgIpc) is 2.75. The summed E-state index contributed by atoms with van der Waals surface area (Å²) in [5.41, 5.74) is 9.25. The molecule has 0 saturated carbocycles. The molecule has 0 aliphatic carbocycles. The zero-order valence-electron chi connectivity index (χ0n) is 21.4. The zero-order valence-corrected chi connectivity index (χ0v) is 22.2. The lowest BCUT2D eigenvalue weighted by atomic mass is 9.82. The van der Waals surface area contributed by atoms with E-state index >= 15 is 0 Å². The number of carbonyl (C=O) groups is 1. The van der Waals surface area contributed by atoms with Gasteiger partial charge in [0.25, 0.3) is 0 Å². The lowest BCUT2D eigenvalue weighted by molar-refractivity contribution is -0.136. The Morgan fingerprint density at radius 2 is 1.69 bits per heavy atom. The van der Waals surface area contributed by atoms with Crippen LogP contribution in [0.15, 0.2) is 36.5 Å². The van der Waals surface area contributed by atoms with Gasteiger partial charge in [0.2, 0.25) is 0 Å². The van der Waals surface area contributed by atoms with Gasteiger partial charge in [-0.25, -0.2) is 0 Å². The fourth-order valence-corrected chi connectivity index (χ4v) is 5.04. The predicted molar refractivity (Wildman–Crippen MR) is 144 cm³/mol. The second-order valence-electron chi connectivity index (χ2n) is 9.85. The third-order valence-electron chi connectivity index (χ3n) is 5.74. The number of carboxylic acid groups (broad SMARTS) is 1. The summed E-state index contributed by atoms with van der Waals surface area (Å²) in [7, 11) is 0. The fraction of sp³-hybridized carbons (Fsp3) is 0.357. The third-order valence-corrected chi connectivity index (χ3v) is 6.49. The van der Waals surface area contributed by atoms with E-state index in [1.807, 2.05) is 39.2 Å². The molecule has 0 bridgehead atoms. The van der Waals surface area contributed by atoms with Crippen LogP contribution in [-0.2, 0) is 17.8 Å². The first-order valence-electron chi connectivity index (χ1n) is 11.5. The van der Waals surface area contributed by atoms with E-state index in [0.29, 0.717) is 6.54 Å². The highest BCUT2D eigenvalue weighted by Crippen LogP contribution is 2.49. The number of carboxylic acids is 1. The summed E-state index contributed by atoms with van der Waals surface area (Å²) in [5, 5.41) is 28.1. The molecule has 0 radical (unpaired) electrons. The van der Waals surface area contributed by atoms with E-state index in [1.54, 1.807) is 38.8 Å². The van der Waals surface area contributed by atoms with Crippen molar-refractivity contribution >= 4 is 23.6 Å². The van der Waals surface area contributed by atoms with Gasteiger partial charge in [0.15, 0.2) is 0 Å². The molecule has 0 saturated heterocycles. The van der Waals surface area contributed by atoms with Crippen molar-refractivity contribution in [2.75, 3.05) is 10.6 Å². The number of hydrogen-bond acceptors (Lipinski definition) is 6. The van der Waals surface area contributed by atoms with E-state index in [2.05, 4.69) is 21.4 Å². The largest absolute Gasteiger partial charge is 0.506 e. The van der Waals surface area contributed by atoms with Gasteiger partial charge >= 0.3 is 5.97 Å². The van der Waals surface area contributed by atoms with Crippen molar-refractivity contribution in [1.29, 1.82) is 0 Å². The van der Waals surface area contributed by atoms with Gasteiger partial charge in [0.05, 0.1) is 36.1 Å². The van der Waals surface area contributed by atoms with Crippen molar-refractivity contribution < 1.29 is 20.1 Å². The normalized spacial score (nSPS) is 12.4. The molecule has 0 unspecified atom stereocenters. The number of aromatic hydroxyl groups is 1. The maximum absolute atomic E-state index is 11.8. The van der Waals surface area contributed by atoms with Gasteiger partial charge < -0.3 is 19.6 Å². The van der Waals surface area contributed by atoms with Gasteiger partial charge in [-0.2, -0.15) is 0 Å². The molecule has 0 atom stereocenters. The van der Waals surface area contributed by atoms with Gasteiger partial charge in [-0.3, -0.25) is 9.78 Å². The number of aromatic nitrogens is 1. The Hall–Kier alpha value is -3.03. The first-order valence-corrected chi connectivity index (χ1v) is 12.7. The molecular weight excluding hydrogens is 460 g/mol. The number of benzene rings is 2. The molecule has 2 aromatic carbocycles. The molecule has 1 aliphatic rings. The zero-order chi connectivity index (χ0) is 26.1. The number of nitrogens with zero attached hydrogens (tertiary/aromatic N) is 2. The Bertz CT molecular complexity index is 1240. The van der Waals surface area contributed by atoms with Crippen molar-refractivity contribution in [3.63, 3.8) is 0 Å². The standard InChI is InChI=1S/C24H24N2O3S.C4H10O/c1-13-5-7-16(8-6-13)21-15(3)22-23-17(9-18(27)11-25-23)12-26(30-4)24(22)14(2)19(21)10-20(28)29;1-4(2,3)5/h5-9,11,27H,10,12H2,1-4H3,(H,28,29);5H,1-3H3. The second-order valence-corrected chi connectivity index (χ2v) is 10.7. The molecule has 1 aliphatic heterocycles. The Labute approximate surface area is 211 Å². The molecule has 186 valence electrons. The highest BCUT2D eigenvalue weighted by molar-refractivity contribution is 7.99. The number of rotatable bonds is 4. The molecular formula is C28H34N2O4S. The molecule has 0 fully saturated rings. The molecule has 2 heterocycles. The first-order chi connectivity index (χ1) is 16.3. The Morgan fingerprint density at radius 3 is 2.23 bits per heavy atom. The number of pyridine rings is 1. The number of aliphatic carboxylic acids is 1. The van der Waals surface area contributed by atoms with Crippen LogP contribution >= 0.6 is 11.9 Å². The van der Waals surface area contributed by atoms with Crippen LogP contribution in [0.25, 0.3) is 22.4 Å². The van der Waals surface area contributed by atoms with E-state index in [-0.39, 0.29) is 12.2 Å². The van der Waals surface area contributed by atoms with E-state index < -0.39 is 11.6 Å². The average molecular weight is 495 g/mol. The van der Waals surface area contributed by atoms with Crippen molar-refractivity contribution in [3.8, 4) is 28.1 Å². The number of aryl methyl sites for hydroxylation is 1. The molecule has 7 heteroatoms. The number of aliphatic hydroxyl groups is 1. The second kappa shape index (κ2) is 10.3. The first kappa shape index (κ1) is 26.6. The summed E-state index contributed by atoms with van der Waals surface area (Å²) >= 11 is 1.59. The summed E-state index contributed by atoms with van der Waals surface area (Å²) in [4.78, 5) is 16.3. The lowest BCUT2D eigenvalue weighted by Crippen LogP contribution is -2.23. The van der Waals surface area contributed by atoms with Crippen molar-refractivity contribution in [2.24, 2.45) is 0 Å². The van der Waals surface area contributed by atoms with E-state index in [0.717, 1.165) is 55.9 Å². The lowest BCUT2D eigenvalue weighted by Gasteiger charge is -2.35. The van der Waals surface area contributed by atoms with Crippen LogP contribution in [0.2, 0.25) is 0 Å². The van der Waals surface area contributed by atoms with Crippen LogP contribution in [0.1, 0.15) is 48.6 Å². The maximum atomic E-state index is 11.8. The Kier molecular flexibility index (Phi) is 7.82. The minimum Gasteiger partial charge on any atom is -0.506 e. The highest BCUT2D eigenvalue weighted by atomic mass is 32.2. The van der Waals surface area contributed by atoms with Crippen LogP contribution in [0.4, 0.5) is 5.69 Å². The topological polar surface area (TPSA) is 93.9 Å². The Morgan fingerprint density at radius 1 is 1.09 bits per heavy atom. The minimum absolute atomic E-state index is 0.0404. The SMILES string of the molecule is CC(C)(C)O.CSN1Cc2cc(O)cnc2-c2c(C)c(-c3ccc(C)cc3)c(CC(=O)O)c(C)c21. The smallest absolute Gasteiger partial charge is 0.307 e.